The number of phosphoric ester groups is 1. The van der Waals surface area contributed by atoms with Crippen LogP contribution in [0, 0.1) is 0 Å². The Bertz CT molecular complexity index is 290. The van der Waals surface area contributed by atoms with E-state index in [2.05, 4.69) is 9.26 Å². The summed E-state index contributed by atoms with van der Waals surface area (Å²) in [5.74, 6) is -2.47. The van der Waals surface area contributed by atoms with E-state index in [1.54, 1.807) is 0 Å². The van der Waals surface area contributed by atoms with Crippen molar-refractivity contribution in [1.29, 1.82) is 0 Å². The Balaban J connectivity index is 2.66. The van der Waals surface area contributed by atoms with Gasteiger partial charge in [0.15, 0.2) is 0 Å². The lowest BCUT2D eigenvalue weighted by atomic mass is 9.98. The van der Waals surface area contributed by atoms with E-state index in [1.165, 1.54) is 0 Å². The van der Waals surface area contributed by atoms with Gasteiger partial charge in [-0.1, -0.05) is 0 Å². The summed E-state index contributed by atoms with van der Waals surface area (Å²) in [5.41, 5.74) is 0. The Labute approximate surface area is 90.1 Å². The molecular formula is C6H13O9P. The summed E-state index contributed by atoms with van der Waals surface area (Å²) in [6.07, 6.45) is -5.03. The van der Waals surface area contributed by atoms with Gasteiger partial charge >= 0.3 is 7.82 Å². The van der Waals surface area contributed by atoms with Gasteiger partial charge in [-0.3, -0.25) is 4.52 Å². The van der Waals surface area contributed by atoms with Crippen LogP contribution in [0.5, 0.6) is 0 Å². The second-order valence-corrected chi connectivity index (χ2v) is 4.66. The maximum atomic E-state index is 10.4. The summed E-state index contributed by atoms with van der Waals surface area (Å²) in [6.45, 7) is -1.54. The first-order chi connectivity index (χ1) is 7.16. The van der Waals surface area contributed by atoms with E-state index in [-0.39, 0.29) is 0 Å². The van der Waals surface area contributed by atoms with Crippen LogP contribution in [-0.4, -0.2) is 67.5 Å². The van der Waals surface area contributed by atoms with Crippen LogP contribution < -0.4 is 0 Å². The maximum Gasteiger partial charge on any atom is 0.469 e. The van der Waals surface area contributed by atoms with Crippen molar-refractivity contribution in [2.75, 3.05) is 13.2 Å². The fraction of sp³-hybridized carbons (Fsp3) is 1.00. The monoisotopic (exact) mass is 260 g/mol. The smallest absolute Gasteiger partial charge is 0.388 e. The van der Waals surface area contributed by atoms with Crippen molar-refractivity contribution in [3.8, 4) is 0 Å². The van der Waals surface area contributed by atoms with Crippen molar-refractivity contribution in [3.05, 3.63) is 0 Å². The average molecular weight is 260 g/mol. The number of aliphatic hydroxyl groups excluding tert-OH is 3. The van der Waals surface area contributed by atoms with Crippen LogP contribution in [0.15, 0.2) is 0 Å². The zero-order chi connectivity index (χ0) is 12.6. The van der Waals surface area contributed by atoms with Gasteiger partial charge in [-0.25, -0.2) is 4.57 Å². The molecule has 96 valence electrons. The van der Waals surface area contributed by atoms with Gasteiger partial charge in [0, 0.05) is 0 Å². The van der Waals surface area contributed by atoms with Gasteiger partial charge in [0.05, 0.1) is 6.61 Å². The van der Waals surface area contributed by atoms with Crippen molar-refractivity contribution >= 4 is 7.82 Å². The van der Waals surface area contributed by atoms with Gasteiger partial charge in [0.2, 0.25) is 5.79 Å². The van der Waals surface area contributed by atoms with Crippen molar-refractivity contribution in [3.63, 3.8) is 0 Å². The summed E-state index contributed by atoms with van der Waals surface area (Å²) in [6, 6.07) is 0. The molecule has 0 saturated carbocycles. The molecule has 9 nitrogen and oxygen atoms in total. The van der Waals surface area contributed by atoms with Crippen molar-refractivity contribution in [1.82, 2.24) is 0 Å². The molecule has 1 saturated heterocycles. The van der Waals surface area contributed by atoms with Crippen LogP contribution in [0.2, 0.25) is 0 Å². The maximum absolute atomic E-state index is 10.4. The first-order valence-electron chi connectivity index (χ1n) is 4.26. The highest BCUT2D eigenvalue weighted by molar-refractivity contribution is 7.46. The molecule has 1 aliphatic rings. The first-order valence-corrected chi connectivity index (χ1v) is 5.79. The number of rotatable bonds is 3. The van der Waals surface area contributed by atoms with Crippen LogP contribution >= 0.6 is 7.82 Å². The highest BCUT2D eigenvalue weighted by Crippen LogP contribution is 2.38. The van der Waals surface area contributed by atoms with Gasteiger partial charge in [-0.05, 0) is 0 Å². The van der Waals surface area contributed by atoms with Gasteiger partial charge in [0.25, 0.3) is 0 Å². The standard InChI is InChI=1S/C6H13O9P/c7-3-1-14-6(10,5(9)4(3)8)2-15-16(11,12)13/h3-5,7-10H,1-2H2,(H2,11,12,13)/t3-,4+,5+,6-/m0/s1. The van der Waals surface area contributed by atoms with Crippen molar-refractivity contribution < 1.29 is 44.0 Å². The Morgan fingerprint density at radius 3 is 2.44 bits per heavy atom. The molecule has 10 heteroatoms. The average Bonchev–Trinajstić information content (AvgIpc) is 2.18. The largest absolute Gasteiger partial charge is 0.469 e. The van der Waals surface area contributed by atoms with Gasteiger partial charge in [-0.15, -0.1) is 0 Å². The summed E-state index contributed by atoms with van der Waals surface area (Å²) in [4.78, 5) is 16.8. The number of aliphatic hydroxyl groups is 4. The lowest BCUT2D eigenvalue weighted by Crippen LogP contribution is -2.62. The Kier molecular flexibility index (Phi) is 4.06. The lowest BCUT2D eigenvalue weighted by Gasteiger charge is -2.41. The third kappa shape index (κ3) is 3.20. The summed E-state index contributed by atoms with van der Waals surface area (Å²) in [7, 11) is -4.83. The molecule has 0 bridgehead atoms. The molecule has 1 rings (SSSR count). The fourth-order valence-corrected chi connectivity index (χ4v) is 1.55. The van der Waals surface area contributed by atoms with Crippen molar-refractivity contribution in [2.24, 2.45) is 0 Å². The van der Waals surface area contributed by atoms with Crippen LogP contribution in [0.25, 0.3) is 0 Å². The number of hydrogen-bond donors (Lipinski definition) is 6. The topological polar surface area (TPSA) is 157 Å². The number of phosphoric acid groups is 1. The van der Waals surface area contributed by atoms with Crippen molar-refractivity contribution in [2.45, 2.75) is 24.1 Å². The molecule has 0 aromatic heterocycles. The van der Waals surface area contributed by atoms with Gasteiger partial charge in [0.1, 0.15) is 24.9 Å². The summed E-state index contributed by atoms with van der Waals surface area (Å²) < 4.78 is 18.9. The third-order valence-corrected chi connectivity index (χ3v) is 2.59. The van der Waals surface area contributed by atoms with Gasteiger partial charge < -0.3 is 34.9 Å². The second-order valence-electron chi connectivity index (χ2n) is 3.42. The van der Waals surface area contributed by atoms with E-state index >= 15 is 0 Å². The Morgan fingerprint density at radius 1 is 1.38 bits per heavy atom. The van der Waals surface area contributed by atoms with E-state index in [0.717, 1.165) is 0 Å². The van der Waals surface area contributed by atoms with Gasteiger partial charge in [-0.2, -0.15) is 0 Å². The minimum absolute atomic E-state index is 0.501. The Hall–Kier alpha value is -0.0900. The molecule has 6 N–H and O–H groups in total. The molecule has 0 unspecified atom stereocenters. The third-order valence-electron chi connectivity index (χ3n) is 2.12. The lowest BCUT2D eigenvalue weighted by molar-refractivity contribution is -0.329. The summed E-state index contributed by atoms with van der Waals surface area (Å²) >= 11 is 0. The molecule has 0 amide bonds. The van der Waals surface area contributed by atoms with E-state index in [4.69, 9.17) is 14.9 Å². The quantitative estimate of drug-likeness (QED) is 0.289. The fourth-order valence-electron chi connectivity index (χ4n) is 1.19. The predicted octanol–water partition coefficient (Wildman–Crippen LogP) is -3.10. The van der Waals surface area contributed by atoms with Crippen LogP contribution in [0.4, 0.5) is 0 Å². The van der Waals surface area contributed by atoms with E-state index in [0.29, 0.717) is 0 Å². The zero-order valence-electron chi connectivity index (χ0n) is 8.00. The molecule has 0 aromatic rings. The predicted molar refractivity (Wildman–Crippen MR) is 46.9 cm³/mol. The molecule has 0 aromatic carbocycles. The van der Waals surface area contributed by atoms with Crippen LogP contribution in [0.1, 0.15) is 0 Å². The highest BCUT2D eigenvalue weighted by Gasteiger charge is 2.49. The summed E-state index contributed by atoms with van der Waals surface area (Å²) in [5, 5.41) is 37.2. The van der Waals surface area contributed by atoms with Crippen LogP contribution in [0.3, 0.4) is 0 Å². The normalized spacial score (nSPS) is 41.0. The zero-order valence-corrected chi connectivity index (χ0v) is 8.90. The molecule has 4 atom stereocenters. The minimum atomic E-state index is -4.83. The second kappa shape index (κ2) is 4.65. The first kappa shape index (κ1) is 14.0. The molecule has 1 fully saturated rings. The minimum Gasteiger partial charge on any atom is -0.388 e. The Morgan fingerprint density at radius 2 is 1.94 bits per heavy atom. The van der Waals surface area contributed by atoms with E-state index in [9.17, 15) is 19.9 Å². The highest BCUT2D eigenvalue weighted by atomic mass is 31.2. The van der Waals surface area contributed by atoms with E-state index in [1.807, 2.05) is 0 Å². The van der Waals surface area contributed by atoms with E-state index < -0.39 is 45.1 Å². The number of hydrogen-bond acceptors (Lipinski definition) is 7. The molecule has 1 aliphatic heterocycles. The number of ether oxygens (including phenoxy) is 1. The van der Waals surface area contributed by atoms with Crippen LogP contribution in [-0.2, 0) is 13.8 Å². The molecule has 0 aliphatic carbocycles. The molecule has 16 heavy (non-hydrogen) atoms. The molecule has 1 heterocycles. The molecule has 0 spiro atoms. The molecular weight excluding hydrogens is 247 g/mol. The molecule has 0 radical (unpaired) electrons. The SMILES string of the molecule is O=P(O)(O)OC[C@]1(O)OC[C@H](O)[C@@H](O)[C@H]1O.